The summed E-state index contributed by atoms with van der Waals surface area (Å²) in [6, 6.07) is 9.64. The number of non-ortho nitro benzene ring substituents is 1. The Morgan fingerprint density at radius 3 is 2.19 bits per heavy atom. The number of nitrogens with zero attached hydrogens (tertiary/aromatic N) is 2. The Labute approximate surface area is 241 Å². The fraction of sp³-hybridized carbons (Fsp3) is 0.370. The van der Waals surface area contributed by atoms with Crippen LogP contribution in [0.5, 0.6) is 0 Å². The van der Waals surface area contributed by atoms with Crippen molar-refractivity contribution in [2.45, 2.75) is 50.4 Å². The number of hydrogen-bond donors (Lipinski definition) is 6. The van der Waals surface area contributed by atoms with E-state index in [0.29, 0.717) is 11.1 Å². The molecule has 3 amide bonds. The second-order valence-corrected chi connectivity index (χ2v) is 9.26. The topological polar surface area (TPSA) is 241 Å². The number of hydrogen-bond acceptors (Lipinski definition) is 9. The van der Waals surface area contributed by atoms with Crippen molar-refractivity contribution in [3.05, 3.63) is 75.8 Å². The summed E-state index contributed by atoms with van der Waals surface area (Å²) < 4.78 is 4.80. The lowest BCUT2D eigenvalue weighted by Crippen LogP contribution is -2.58. The molecule has 8 N–H and O–H groups in total. The molecule has 2 aromatic rings. The predicted molar refractivity (Wildman–Crippen MR) is 152 cm³/mol. The normalized spacial score (nSPS) is 13.4. The monoisotopic (exact) mass is 585 g/mol. The van der Waals surface area contributed by atoms with Gasteiger partial charge in [-0.2, -0.15) is 0 Å². The van der Waals surface area contributed by atoms with Crippen LogP contribution in [-0.4, -0.2) is 71.5 Å². The van der Waals surface area contributed by atoms with Crippen LogP contribution < -0.4 is 27.4 Å². The van der Waals surface area contributed by atoms with Crippen LogP contribution in [0.3, 0.4) is 0 Å². The number of nitro groups is 1. The van der Waals surface area contributed by atoms with Crippen molar-refractivity contribution in [1.82, 2.24) is 16.0 Å². The molecule has 0 bridgehead atoms. The van der Waals surface area contributed by atoms with Gasteiger partial charge in [-0.3, -0.25) is 29.5 Å². The van der Waals surface area contributed by atoms with Crippen molar-refractivity contribution in [3.8, 4) is 0 Å². The van der Waals surface area contributed by atoms with Gasteiger partial charge in [0.25, 0.3) is 5.69 Å². The largest absolute Gasteiger partial charge is 0.467 e. The molecule has 0 spiro atoms. The first kappa shape index (κ1) is 33.2. The molecule has 4 unspecified atom stereocenters. The second-order valence-electron chi connectivity index (χ2n) is 9.26. The first-order valence-corrected chi connectivity index (χ1v) is 12.9. The summed E-state index contributed by atoms with van der Waals surface area (Å²) >= 11 is 0. The first-order valence-electron chi connectivity index (χ1n) is 12.9. The van der Waals surface area contributed by atoms with E-state index in [2.05, 4.69) is 20.9 Å². The molecular formula is C27H35N7O8. The zero-order valence-corrected chi connectivity index (χ0v) is 23.2. The van der Waals surface area contributed by atoms with Crippen molar-refractivity contribution in [2.24, 2.45) is 16.5 Å². The summed E-state index contributed by atoms with van der Waals surface area (Å²) in [5.74, 6) is -3.11. The van der Waals surface area contributed by atoms with E-state index in [4.69, 9.17) is 16.2 Å². The van der Waals surface area contributed by atoms with Gasteiger partial charge in [0.15, 0.2) is 12.0 Å². The lowest BCUT2D eigenvalue weighted by atomic mass is 10.0. The third-order valence-corrected chi connectivity index (χ3v) is 6.01. The number of rotatable bonds is 15. The molecule has 226 valence electrons. The highest BCUT2D eigenvalue weighted by molar-refractivity contribution is 5.94. The molecule has 15 heteroatoms. The fourth-order valence-corrected chi connectivity index (χ4v) is 3.85. The Hall–Kier alpha value is -5.05. The highest BCUT2D eigenvalue weighted by Gasteiger charge is 2.33. The number of aliphatic hydroxyl groups excluding tert-OH is 1. The van der Waals surface area contributed by atoms with Gasteiger partial charge in [-0.15, -0.1) is 0 Å². The summed E-state index contributed by atoms with van der Waals surface area (Å²) in [6.45, 7) is 1.45. The number of aliphatic hydroxyl groups is 1. The maximum atomic E-state index is 13.4. The van der Waals surface area contributed by atoms with Gasteiger partial charge < -0.3 is 37.3 Å². The first-order chi connectivity index (χ1) is 19.9. The molecule has 0 radical (unpaired) electrons. The standard InChI is InChI=1S/C27H35N7O8/c1-16(35)22(25(38)33-23(26(39)42-2)18-7-4-3-5-8-18)32-24(37)20(31-21(36)9-6-14-30-27(28)29)15-17-10-12-19(13-11-17)34(40)41/h3-5,7-8,10-13,16,20,22-23,35H,6,9,14-15H2,1-2H3,(H,31,36)(H,32,37)(H,33,38)(H4,28,29,30). The summed E-state index contributed by atoms with van der Waals surface area (Å²) in [4.78, 5) is 65.8. The zero-order chi connectivity index (χ0) is 31.2. The van der Waals surface area contributed by atoms with Crippen LogP contribution in [0.2, 0.25) is 0 Å². The van der Waals surface area contributed by atoms with E-state index < -0.39 is 52.8 Å². The quantitative estimate of drug-likeness (QED) is 0.0393. The van der Waals surface area contributed by atoms with Gasteiger partial charge in [0.1, 0.15) is 12.1 Å². The number of guanidine groups is 1. The minimum Gasteiger partial charge on any atom is -0.467 e. The Bertz CT molecular complexity index is 1270. The molecule has 0 aliphatic heterocycles. The minimum atomic E-state index is -1.52. The molecule has 2 rings (SSSR count). The minimum absolute atomic E-state index is 0.0287. The average Bonchev–Trinajstić information content (AvgIpc) is 2.96. The lowest BCUT2D eigenvalue weighted by molar-refractivity contribution is -0.384. The molecule has 0 saturated heterocycles. The van der Waals surface area contributed by atoms with Crippen LogP contribution in [0.4, 0.5) is 5.69 Å². The molecular weight excluding hydrogens is 550 g/mol. The fourth-order valence-electron chi connectivity index (χ4n) is 3.85. The molecule has 0 fully saturated rings. The lowest BCUT2D eigenvalue weighted by Gasteiger charge is -2.26. The third-order valence-electron chi connectivity index (χ3n) is 6.01. The Balaban J connectivity index is 2.24. The van der Waals surface area contributed by atoms with Crippen LogP contribution >= 0.6 is 0 Å². The number of nitrogens with two attached hydrogens (primary N) is 2. The Kier molecular flexibility index (Phi) is 12.8. The highest BCUT2D eigenvalue weighted by Crippen LogP contribution is 2.16. The van der Waals surface area contributed by atoms with Crippen LogP contribution in [0.1, 0.15) is 36.9 Å². The van der Waals surface area contributed by atoms with Crippen LogP contribution in [0.25, 0.3) is 0 Å². The van der Waals surface area contributed by atoms with E-state index in [1.54, 1.807) is 30.3 Å². The number of methoxy groups -OCH3 is 1. The summed E-state index contributed by atoms with van der Waals surface area (Å²) in [6.07, 6.45) is -1.24. The van der Waals surface area contributed by atoms with E-state index in [1.807, 2.05) is 0 Å². The van der Waals surface area contributed by atoms with E-state index in [9.17, 15) is 34.4 Å². The van der Waals surface area contributed by atoms with Gasteiger partial charge in [0, 0.05) is 31.5 Å². The van der Waals surface area contributed by atoms with E-state index in [0.717, 1.165) is 7.11 Å². The maximum Gasteiger partial charge on any atom is 0.333 e. The van der Waals surface area contributed by atoms with Crippen molar-refractivity contribution in [2.75, 3.05) is 13.7 Å². The number of esters is 1. The SMILES string of the molecule is COC(=O)C(NC(=O)C(NC(=O)C(Cc1ccc([N+](=O)[O-])cc1)NC(=O)CCCN=C(N)N)C(C)O)c1ccccc1. The number of carbonyl (C=O) groups is 4. The summed E-state index contributed by atoms with van der Waals surface area (Å²) in [5.41, 5.74) is 11.3. The number of nitrogens with one attached hydrogen (secondary N) is 3. The molecule has 4 atom stereocenters. The van der Waals surface area contributed by atoms with Crippen molar-refractivity contribution < 1.29 is 33.9 Å². The Morgan fingerprint density at radius 2 is 1.64 bits per heavy atom. The summed E-state index contributed by atoms with van der Waals surface area (Å²) in [5, 5.41) is 28.9. The van der Waals surface area contributed by atoms with Gasteiger partial charge in [0.05, 0.1) is 18.1 Å². The number of carbonyl (C=O) groups excluding carboxylic acids is 4. The molecule has 2 aromatic carbocycles. The number of benzene rings is 2. The van der Waals surface area contributed by atoms with Crippen LogP contribution in [0, 0.1) is 10.1 Å². The van der Waals surface area contributed by atoms with E-state index >= 15 is 0 Å². The van der Waals surface area contributed by atoms with Crippen molar-refractivity contribution >= 4 is 35.3 Å². The third kappa shape index (κ3) is 10.5. The van der Waals surface area contributed by atoms with Crippen molar-refractivity contribution in [3.63, 3.8) is 0 Å². The highest BCUT2D eigenvalue weighted by atomic mass is 16.6. The van der Waals surface area contributed by atoms with E-state index in [-0.39, 0.29) is 37.5 Å². The number of aliphatic imine (C=N–C) groups is 1. The summed E-state index contributed by atoms with van der Waals surface area (Å²) in [7, 11) is 1.15. The van der Waals surface area contributed by atoms with Crippen LogP contribution in [-0.2, 0) is 30.3 Å². The molecule has 0 aliphatic rings. The molecule has 42 heavy (non-hydrogen) atoms. The second kappa shape index (κ2) is 16.3. The smallest absolute Gasteiger partial charge is 0.333 e. The van der Waals surface area contributed by atoms with Gasteiger partial charge in [-0.25, -0.2) is 4.79 Å². The number of ether oxygens (including phenoxy) is 1. The number of nitro benzene ring substituents is 1. The molecule has 0 heterocycles. The molecule has 15 nitrogen and oxygen atoms in total. The van der Waals surface area contributed by atoms with Gasteiger partial charge >= 0.3 is 5.97 Å². The van der Waals surface area contributed by atoms with Crippen molar-refractivity contribution in [1.29, 1.82) is 0 Å². The Morgan fingerprint density at radius 1 is 1.00 bits per heavy atom. The molecule has 0 aliphatic carbocycles. The molecule has 0 aromatic heterocycles. The maximum absolute atomic E-state index is 13.4. The van der Waals surface area contributed by atoms with Gasteiger partial charge in [-0.05, 0) is 24.5 Å². The molecule has 0 saturated carbocycles. The average molecular weight is 586 g/mol. The van der Waals surface area contributed by atoms with Crippen LogP contribution in [0.15, 0.2) is 59.6 Å². The zero-order valence-electron chi connectivity index (χ0n) is 23.2. The van der Waals surface area contributed by atoms with Gasteiger partial charge in [-0.1, -0.05) is 42.5 Å². The van der Waals surface area contributed by atoms with E-state index in [1.165, 1.54) is 31.2 Å². The van der Waals surface area contributed by atoms with Gasteiger partial charge in [0.2, 0.25) is 17.7 Å². The predicted octanol–water partition coefficient (Wildman–Crippen LogP) is -0.428. The number of amides is 3.